The Labute approximate surface area is 204 Å². The van der Waals surface area contributed by atoms with Crippen molar-refractivity contribution in [2.75, 3.05) is 46.6 Å². The smallest absolute Gasteiger partial charge is 0.161 e. The maximum Gasteiger partial charge on any atom is 0.161 e. The van der Waals surface area contributed by atoms with E-state index < -0.39 is 5.60 Å². The monoisotopic (exact) mass is 485 g/mol. The molecule has 1 fully saturated rings. The van der Waals surface area contributed by atoms with Crippen LogP contribution in [0.25, 0.3) is 0 Å². The van der Waals surface area contributed by atoms with Gasteiger partial charge in [0, 0.05) is 32.0 Å². The van der Waals surface area contributed by atoms with Crippen LogP contribution in [0, 0.1) is 12.7 Å². The molecule has 0 amide bonds. The lowest BCUT2D eigenvalue weighted by Crippen LogP contribution is -2.48. The molecule has 4 rings (SSSR count). The molecule has 0 bridgehead atoms. The Hall–Kier alpha value is -3.14. The average molecular weight is 486 g/mol. The number of halogens is 1. The molecule has 9 heteroatoms. The van der Waals surface area contributed by atoms with E-state index in [9.17, 15) is 9.50 Å². The van der Waals surface area contributed by atoms with E-state index in [4.69, 9.17) is 18.9 Å². The van der Waals surface area contributed by atoms with E-state index in [0.717, 1.165) is 11.4 Å². The predicted octanol–water partition coefficient (Wildman–Crippen LogP) is 3.06. The Balaban J connectivity index is 1.35. The summed E-state index contributed by atoms with van der Waals surface area (Å²) in [6, 6.07) is 11.6. The normalized spacial score (nSPS) is 18.7. The number of aliphatic hydroxyl groups is 1. The first-order valence-corrected chi connectivity index (χ1v) is 11.6. The summed E-state index contributed by atoms with van der Waals surface area (Å²) < 4.78 is 38.0. The van der Waals surface area contributed by atoms with Crippen molar-refractivity contribution < 1.29 is 28.4 Å². The van der Waals surface area contributed by atoms with Crippen LogP contribution in [0.5, 0.6) is 17.2 Å². The maximum absolute atomic E-state index is 13.1. The zero-order chi connectivity index (χ0) is 24.7. The quantitative estimate of drug-likeness (QED) is 0.473. The summed E-state index contributed by atoms with van der Waals surface area (Å²) in [5.74, 6) is 2.45. The van der Waals surface area contributed by atoms with Crippen LogP contribution in [0.1, 0.15) is 11.4 Å². The van der Waals surface area contributed by atoms with E-state index in [1.165, 1.54) is 12.1 Å². The number of β-amino-alcohol motifs (C(OH)–C–C–N with tert-alkyl or cyclic N) is 1. The lowest BCUT2D eigenvalue weighted by molar-refractivity contribution is -0.0646. The number of rotatable bonds is 10. The number of nitrogens with zero attached hydrogens (tertiary/aromatic N) is 3. The summed E-state index contributed by atoms with van der Waals surface area (Å²) in [6.07, 6.45) is 3.70. The van der Waals surface area contributed by atoms with Gasteiger partial charge in [-0.15, -0.1) is 0 Å². The van der Waals surface area contributed by atoms with Gasteiger partial charge in [0.25, 0.3) is 0 Å². The molecule has 1 aliphatic rings. The number of imidazole rings is 1. The Morgan fingerprint density at radius 2 is 1.97 bits per heavy atom. The molecule has 35 heavy (non-hydrogen) atoms. The molecule has 188 valence electrons. The molecule has 3 aromatic rings. The highest BCUT2D eigenvalue weighted by Crippen LogP contribution is 2.29. The molecular weight excluding hydrogens is 453 g/mol. The standard InChI is InChI=1S/C26H32FN3O5/c1-20-28-9-10-30(20)12-14-34-24-8-3-21(15-25(24)32-2)16-29-11-13-33-18-26(31,17-29)19-35-23-6-4-22(27)5-7-23/h3-10,15,31H,11-14,16-19H2,1-2H3/t26-/m1/s1. The number of hydrogen-bond acceptors (Lipinski definition) is 7. The third-order valence-electron chi connectivity index (χ3n) is 5.91. The molecule has 8 nitrogen and oxygen atoms in total. The molecule has 0 unspecified atom stereocenters. The van der Waals surface area contributed by atoms with E-state index in [1.54, 1.807) is 25.4 Å². The molecule has 0 radical (unpaired) electrons. The number of ether oxygens (including phenoxy) is 4. The van der Waals surface area contributed by atoms with Gasteiger partial charge in [-0.25, -0.2) is 9.37 Å². The second-order valence-electron chi connectivity index (χ2n) is 8.73. The SMILES string of the molecule is COc1cc(CN2CCOC[C@@](O)(COc3ccc(F)cc3)C2)ccc1OCCn1ccnc1C. The summed E-state index contributed by atoms with van der Waals surface area (Å²) >= 11 is 0. The first kappa shape index (κ1) is 25.0. The van der Waals surface area contributed by atoms with E-state index in [1.807, 2.05) is 35.9 Å². The number of aromatic nitrogens is 2. The molecule has 0 spiro atoms. The Morgan fingerprint density at radius 3 is 2.71 bits per heavy atom. The van der Waals surface area contributed by atoms with Gasteiger partial charge in [-0.05, 0) is 48.9 Å². The van der Waals surface area contributed by atoms with Crippen LogP contribution < -0.4 is 14.2 Å². The van der Waals surface area contributed by atoms with Gasteiger partial charge < -0.3 is 28.6 Å². The van der Waals surface area contributed by atoms with Crippen molar-refractivity contribution in [1.29, 1.82) is 0 Å². The molecule has 1 N–H and O–H groups in total. The van der Waals surface area contributed by atoms with Gasteiger partial charge in [0.05, 0.1) is 26.9 Å². The predicted molar refractivity (Wildman–Crippen MR) is 128 cm³/mol. The van der Waals surface area contributed by atoms with Crippen molar-refractivity contribution in [2.45, 2.75) is 25.6 Å². The zero-order valence-corrected chi connectivity index (χ0v) is 20.2. The van der Waals surface area contributed by atoms with Crippen LogP contribution >= 0.6 is 0 Å². The number of benzene rings is 2. The molecule has 2 aromatic carbocycles. The van der Waals surface area contributed by atoms with Crippen molar-refractivity contribution in [3.63, 3.8) is 0 Å². The molecular formula is C26H32FN3O5. The molecule has 1 aromatic heterocycles. The summed E-state index contributed by atoms with van der Waals surface area (Å²) in [6.45, 7) is 5.51. The van der Waals surface area contributed by atoms with Gasteiger partial charge in [-0.2, -0.15) is 0 Å². The molecule has 0 saturated carbocycles. The Kier molecular flexibility index (Phi) is 8.22. The number of hydrogen-bond donors (Lipinski definition) is 1. The second kappa shape index (κ2) is 11.5. The topological polar surface area (TPSA) is 78.2 Å². The average Bonchev–Trinajstić information content (AvgIpc) is 3.17. The minimum absolute atomic E-state index is 0.0433. The highest BCUT2D eigenvalue weighted by molar-refractivity contribution is 5.43. The van der Waals surface area contributed by atoms with Crippen LogP contribution in [0.3, 0.4) is 0 Å². The van der Waals surface area contributed by atoms with E-state index in [0.29, 0.717) is 56.6 Å². The molecule has 0 aliphatic carbocycles. The van der Waals surface area contributed by atoms with Gasteiger partial charge in [0.2, 0.25) is 0 Å². The Morgan fingerprint density at radius 1 is 1.14 bits per heavy atom. The Bertz CT molecular complexity index is 1090. The highest BCUT2D eigenvalue weighted by Gasteiger charge is 2.33. The molecule has 2 heterocycles. The minimum atomic E-state index is -1.19. The fraction of sp³-hybridized carbons (Fsp3) is 0.423. The second-order valence-corrected chi connectivity index (χ2v) is 8.73. The summed E-state index contributed by atoms with van der Waals surface area (Å²) in [5.41, 5.74) is -0.160. The third-order valence-corrected chi connectivity index (χ3v) is 5.91. The molecule has 1 atom stereocenters. The lowest BCUT2D eigenvalue weighted by Gasteiger charge is -2.30. The third kappa shape index (κ3) is 6.94. The zero-order valence-electron chi connectivity index (χ0n) is 20.2. The summed E-state index contributed by atoms with van der Waals surface area (Å²) in [7, 11) is 1.62. The highest BCUT2D eigenvalue weighted by atomic mass is 19.1. The van der Waals surface area contributed by atoms with Crippen molar-refractivity contribution in [3.8, 4) is 17.2 Å². The minimum Gasteiger partial charge on any atom is -0.493 e. The van der Waals surface area contributed by atoms with E-state index in [-0.39, 0.29) is 19.0 Å². The van der Waals surface area contributed by atoms with Crippen molar-refractivity contribution in [2.24, 2.45) is 0 Å². The van der Waals surface area contributed by atoms with Gasteiger partial charge in [0.15, 0.2) is 11.5 Å². The van der Waals surface area contributed by atoms with Crippen LogP contribution in [-0.2, 0) is 17.8 Å². The van der Waals surface area contributed by atoms with Crippen LogP contribution in [0.4, 0.5) is 4.39 Å². The van der Waals surface area contributed by atoms with Crippen LogP contribution in [0.2, 0.25) is 0 Å². The van der Waals surface area contributed by atoms with Gasteiger partial charge in [-0.1, -0.05) is 6.07 Å². The fourth-order valence-corrected chi connectivity index (χ4v) is 4.05. The maximum atomic E-state index is 13.1. The van der Waals surface area contributed by atoms with E-state index in [2.05, 4.69) is 9.88 Å². The largest absolute Gasteiger partial charge is 0.493 e. The van der Waals surface area contributed by atoms with Gasteiger partial charge >= 0.3 is 0 Å². The number of aryl methyl sites for hydroxylation is 1. The van der Waals surface area contributed by atoms with Gasteiger partial charge in [-0.3, -0.25) is 4.90 Å². The fourth-order valence-electron chi connectivity index (χ4n) is 4.05. The van der Waals surface area contributed by atoms with Crippen LogP contribution in [0.15, 0.2) is 54.9 Å². The molecule has 1 aliphatic heterocycles. The van der Waals surface area contributed by atoms with Crippen molar-refractivity contribution >= 4 is 0 Å². The summed E-state index contributed by atoms with van der Waals surface area (Å²) in [4.78, 5) is 6.34. The van der Waals surface area contributed by atoms with Gasteiger partial charge in [0.1, 0.15) is 36.2 Å². The van der Waals surface area contributed by atoms with Crippen LogP contribution in [-0.4, -0.2) is 71.8 Å². The van der Waals surface area contributed by atoms with Crippen molar-refractivity contribution in [1.82, 2.24) is 14.5 Å². The van der Waals surface area contributed by atoms with E-state index >= 15 is 0 Å². The summed E-state index contributed by atoms with van der Waals surface area (Å²) in [5, 5.41) is 11.1. The molecule has 1 saturated heterocycles. The lowest BCUT2D eigenvalue weighted by atomic mass is 10.1. The number of methoxy groups -OCH3 is 1. The first-order valence-electron chi connectivity index (χ1n) is 11.6. The first-order chi connectivity index (χ1) is 16.9. The van der Waals surface area contributed by atoms with Crippen molar-refractivity contribution in [3.05, 3.63) is 72.1 Å².